The van der Waals surface area contributed by atoms with E-state index >= 15 is 0 Å². The second-order valence-electron chi connectivity index (χ2n) is 8.75. The Kier molecular flexibility index (Phi) is 10.9. The first-order chi connectivity index (χ1) is 12.3. The molecule has 1 saturated heterocycles. The quantitative estimate of drug-likeness (QED) is 0.193. The first kappa shape index (κ1) is 23.5. The summed E-state index contributed by atoms with van der Waals surface area (Å²) in [7, 11) is -0.234. The van der Waals surface area contributed by atoms with E-state index in [-0.39, 0.29) is 18.3 Å². The molecule has 2 nitrogen and oxygen atoms in total. The zero-order chi connectivity index (χ0) is 19.5. The van der Waals surface area contributed by atoms with Crippen molar-refractivity contribution in [2.45, 2.75) is 123 Å². The van der Waals surface area contributed by atoms with E-state index in [0.717, 1.165) is 12.8 Å². The Bertz CT molecular complexity index is 421. The Morgan fingerprint density at radius 2 is 1.23 bits per heavy atom. The number of allylic oxidation sites excluding steroid dienone is 4. The molecule has 0 atom stereocenters. The van der Waals surface area contributed by atoms with E-state index in [1.807, 2.05) is 0 Å². The average Bonchev–Trinajstić information content (AvgIpc) is 2.79. The molecule has 1 aliphatic heterocycles. The Morgan fingerprint density at radius 1 is 0.731 bits per heavy atom. The minimum atomic E-state index is -0.271. The van der Waals surface area contributed by atoms with Crippen molar-refractivity contribution in [3.05, 3.63) is 23.7 Å². The summed E-state index contributed by atoms with van der Waals surface area (Å²) in [6, 6.07) is 0. The smallest absolute Gasteiger partial charge is 0.399 e. The molecule has 1 heterocycles. The molecule has 1 fully saturated rings. The van der Waals surface area contributed by atoms with Crippen LogP contribution in [0.25, 0.3) is 0 Å². The molecule has 26 heavy (non-hydrogen) atoms. The Balaban J connectivity index is 2.56. The van der Waals surface area contributed by atoms with E-state index in [1.165, 1.54) is 63.3 Å². The van der Waals surface area contributed by atoms with Crippen LogP contribution in [0.3, 0.4) is 0 Å². The van der Waals surface area contributed by atoms with Gasteiger partial charge in [-0.1, -0.05) is 77.0 Å². The van der Waals surface area contributed by atoms with Crippen LogP contribution in [0.5, 0.6) is 0 Å². The van der Waals surface area contributed by atoms with Crippen LogP contribution in [0.1, 0.15) is 112 Å². The third kappa shape index (κ3) is 8.00. The fourth-order valence-corrected chi connectivity index (χ4v) is 3.15. The van der Waals surface area contributed by atoms with Gasteiger partial charge in [0.25, 0.3) is 0 Å². The summed E-state index contributed by atoms with van der Waals surface area (Å²) in [5.41, 5.74) is 0.659. The fourth-order valence-electron chi connectivity index (χ4n) is 3.15. The van der Waals surface area contributed by atoms with Gasteiger partial charge >= 0.3 is 7.12 Å². The van der Waals surface area contributed by atoms with Gasteiger partial charge in [-0.3, -0.25) is 0 Å². The van der Waals surface area contributed by atoms with Crippen LogP contribution < -0.4 is 0 Å². The van der Waals surface area contributed by atoms with E-state index in [1.54, 1.807) is 0 Å². The Labute approximate surface area is 164 Å². The molecule has 0 aromatic rings. The van der Waals surface area contributed by atoms with Gasteiger partial charge in [0, 0.05) is 0 Å². The van der Waals surface area contributed by atoms with Gasteiger partial charge in [-0.15, -0.1) is 0 Å². The largest absolute Gasteiger partial charge is 0.494 e. The van der Waals surface area contributed by atoms with Gasteiger partial charge in [-0.2, -0.15) is 0 Å². The molecule has 0 N–H and O–H groups in total. The predicted molar refractivity (Wildman–Crippen MR) is 115 cm³/mol. The van der Waals surface area contributed by atoms with E-state index in [9.17, 15) is 0 Å². The first-order valence-electron chi connectivity index (χ1n) is 11.1. The van der Waals surface area contributed by atoms with Crippen LogP contribution >= 0.6 is 0 Å². The summed E-state index contributed by atoms with van der Waals surface area (Å²) < 4.78 is 12.5. The third-order valence-corrected chi connectivity index (χ3v) is 5.75. The van der Waals surface area contributed by atoms with Gasteiger partial charge in [0.05, 0.1) is 11.2 Å². The third-order valence-electron chi connectivity index (χ3n) is 5.75. The van der Waals surface area contributed by atoms with Crippen LogP contribution in [0.2, 0.25) is 0 Å². The van der Waals surface area contributed by atoms with Crippen LogP contribution in [0.4, 0.5) is 0 Å². The monoisotopic (exact) mass is 362 g/mol. The number of unbranched alkanes of at least 4 members (excludes halogenated alkanes) is 9. The highest BCUT2D eigenvalue weighted by atomic mass is 16.7. The SMILES string of the molecule is CCCCC/C=C(/C=C/CCCCCCCC)B1OC(C)(C)C(C)(C)O1. The van der Waals surface area contributed by atoms with Gasteiger partial charge in [0.2, 0.25) is 0 Å². The minimum Gasteiger partial charge on any atom is -0.399 e. The van der Waals surface area contributed by atoms with E-state index in [0.29, 0.717) is 0 Å². The molecule has 0 bridgehead atoms. The van der Waals surface area contributed by atoms with Crippen molar-refractivity contribution in [1.82, 2.24) is 0 Å². The van der Waals surface area contributed by atoms with E-state index < -0.39 is 0 Å². The summed E-state index contributed by atoms with van der Waals surface area (Å²) in [6.07, 6.45) is 21.0. The predicted octanol–water partition coefficient (Wildman–Crippen LogP) is 7.43. The van der Waals surface area contributed by atoms with Crippen molar-refractivity contribution in [2.24, 2.45) is 0 Å². The topological polar surface area (TPSA) is 18.5 Å². The minimum absolute atomic E-state index is 0.234. The molecule has 0 aromatic heterocycles. The lowest BCUT2D eigenvalue weighted by atomic mass is 9.77. The maximum absolute atomic E-state index is 6.26. The van der Waals surface area contributed by atoms with E-state index in [2.05, 4.69) is 59.8 Å². The molecule has 0 spiro atoms. The standard InChI is InChI=1S/C23H43BO2/c1-7-9-11-13-14-15-16-18-20-21(19-17-12-10-8-2)24-25-22(3,4)23(5,6)26-24/h18-20H,7-17H2,1-6H3/b20-18+,21-19-. The Hall–Kier alpha value is -0.535. The van der Waals surface area contributed by atoms with Gasteiger partial charge < -0.3 is 9.31 Å². The van der Waals surface area contributed by atoms with Crippen LogP contribution in [-0.4, -0.2) is 18.3 Å². The maximum atomic E-state index is 6.26. The normalized spacial score (nSPS) is 19.6. The zero-order valence-corrected chi connectivity index (χ0v) is 18.4. The maximum Gasteiger partial charge on any atom is 0.494 e. The Morgan fingerprint density at radius 3 is 1.85 bits per heavy atom. The lowest BCUT2D eigenvalue weighted by Gasteiger charge is -2.32. The van der Waals surface area contributed by atoms with Crippen molar-refractivity contribution in [1.29, 1.82) is 0 Å². The van der Waals surface area contributed by atoms with E-state index in [4.69, 9.17) is 9.31 Å². The molecular weight excluding hydrogens is 319 g/mol. The number of rotatable bonds is 13. The molecule has 0 aromatic carbocycles. The van der Waals surface area contributed by atoms with Crippen molar-refractivity contribution in [3.63, 3.8) is 0 Å². The van der Waals surface area contributed by atoms with Crippen molar-refractivity contribution >= 4 is 7.12 Å². The number of hydrogen-bond donors (Lipinski definition) is 0. The summed E-state index contributed by atoms with van der Waals surface area (Å²) in [5, 5.41) is 0. The lowest BCUT2D eigenvalue weighted by Crippen LogP contribution is -2.41. The highest BCUT2D eigenvalue weighted by molar-refractivity contribution is 6.55. The van der Waals surface area contributed by atoms with Gasteiger partial charge in [-0.05, 0) is 58.9 Å². The molecule has 0 unspecified atom stereocenters. The molecular formula is C23H43BO2. The highest BCUT2D eigenvalue weighted by Crippen LogP contribution is 2.38. The summed E-state index contributed by atoms with van der Waals surface area (Å²) >= 11 is 0. The van der Waals surface area contributed by atoms with Crippen molar-refractivity contribution in [3.8, 4) is 0 Å². The molecule has 0 aliphatic carbocycles. The number of hydrogen-bond acceptors (Lipinski definition) is 2. The van der Waals surface area contributed by atoms with Crippen LogP contribution in [-0.2, 0) is 9.31 Å². The first-order valence-corrected chi connectivity index (χ1v) is 11.1. The van der Waals surface area contributed by atoms with Crippen LogP contribution in [0.15, 0.2) is 23.7 Å². The fraction of sp³-hybridized carbons (Fsp3) is 0.826. The molecule has 0 radical (unpaired) electrons. The molecule has 1 aliphatic rings. The van der Waals surface area contributed by atoms with Crippen molar-refractivity contribution < 1.29 is 9.31 Å². The van der Waals surface area contributed by atoms with Crippen LogP contribution in [0, 0.1) is 0 Å². The molecule has 0 saturated carbocycles. The molecule has 3 heteroatoms. The lowest BCUT2D eigenvalue weighted by molar-refractivity contribution is 0.00578. The van der Waals surface area contributed by atoms with Crippen molar-refractivity contribution in [2.75, 3.05) is 0 Å². The molecule has 1 rings (SSSR count). The molecule has 0 amide bonds. The second-order valence-corrected chi connectivity index (χ2v) is 8.75. The van der Waals surface area contributed by atoms with Gasteiger partial charge in [-0.25, -0.2) is 0 Å². The average molecular weight is 362 g/mol. The summed E-state index contributed by atoms with van der Waals surface area (Å²) in [6.45, 7) is 13.0. The zero-order valence-electron chi connectivity index (χ0n) is 18.4. The van der Waals surface area contributed by atoms with Gasteiger partial charge in [0.15, 0.2) is 0 Å². The highest BCUT2D eigenvalue weighted by Gasteiger charge is 2.51. The van der Waals surface area contributed by atoms with Gasteiger partial charge in [0.1, 0.15) is 0 Å². The summed E-state index contributed by atoms with van der Waals surface area (Å²) in [5.74, 6) is 0. The summed E-state index contributed by atoms with van der Waals surface area (Å²) in [4.78, 5) is 0. The molecule has 150 valence electrons. The second kappa shape index (κ2) is 12.0.